The SMILES string of the molecule is F[C@@H]1CNC[C@@H]1CNC1CC1.O=C(O)C(F)(F)F.O=C(O)C(F)(F)F. The zero-order valence-electron chi connectivity index (χ0n) is 12.6. The fourth-order valence-corrected chi connectivity index (χ4v) is 1.51. The molecule has 1 saturated heterocycles. The number of hydrogen-bond donors (Lipinski definition) is 4. The van der Waals surface area contributed by atoms with Crippen molar-refractivity contribution in [1.82, 2.24) is 10.6 Å². The molecule has 0 amide bonds. The van der Waals surface area contributed by atoms with Crippen molar-refractivity contribution in [3.05, 3.63) is 0 Å². The number of carboxylic acids is 2. The summed E-state index contributed by atoms with van der Waals surface area (Å²) in [6.45, 7) is 2.26. The molecule has 0 aromatic carbocycles. The summed E-state index contributed by atoms with van der Waals surface area (Å²) < 4.78 is 76.4. The Morgan fingerprint density at radius 3 is 1.60 bits per heavy atom. The molecule has 2 aliphatic rings. The summed E-state index contributed by atoms with van der Waals surface area (Å²) in [5.41, 5.74) is 0. The smallest absolute Gasteiger partial charge is 0.475 e. The molecule has 2 atom stereocenters. The summed E-state index contributed by atoms with van der Waals surface area (Å²) in [5, 5.41) is 20.7. The van der Waals surface area contributed by atoms with Crippen LogP contribution in [0.1, 0.15) is 12.8 Å². The van der Waals surface area contributed by atoms with E-state index in [9.17, 15) is 30.7 Å². The normalized spacial score (nSPS) is 23.0. The first-order valence-corrected chi connectivity index (χ1v) is 6.93. The molecular weight excluding hydrogens is 369 g/mol. The molecule has 4 N–H and O–H groups in total. The second-order valence-corrected chi connectivity index (χ2v) is 5.22. The Balaban J connectivity index is 0.000000366. The minimum atomic E-state index is -5.08. The summed E-state index contributed by atoms with van der Waals surface area (Å²) in [7, 11) is 0. The molecular formula is C12H17F7N2O4. The maximum absolute atomic E-state index is 13.0. The fourth-order valence-electron chi connectivity index (χ4n) is 1.51. The van der Waals surface area contributed by atoms with E-state index in [1.165, 1.54) is 12.8 Å². The highest BCUT2D eigenvalue weighted by atomic mass is 19.4. The number of alkyl halides is 7. The fraction of sp³-hybridized carbons (Fsp3) is 0.833. The number of hydrogen-bond acceptors (Lipinski definition) is 4. The van der Waals surface area contributed by atoms with Gasteiger partial charge in [0.05, 0.1) is 0 Å². The lowest BCUT2D eigenvalue weighted by molar-refractivity contribution is -0.193. The summed E-state index contributed by atoms with van der Waals surface area (Å²) >= 11 is 0. The molecule has 1 heterocycles. The molecule has 0 spiro atoms. The topological polar surface area (TPSA) is 98.7 Å². The van der Waals surface area contributed by atoms with E-state index in [1.807, 2.05) is 0 Å². The molecule has 0 bridgehead atoms. The second kappa shape index (κ2) is 9.75. The van der Waals surface area contributed by atoms with Crippen molar-refractivity contribution in [3.63, 3.8) is 0 Å². The summed E-state index contributed by atoms with van der Waals surface area (Å²) in [6.07, 6.45) is -8.21. The van der Waals surface area contributed by atoms with Crippen molar-refractivity contribution in [2.24, 2.45) is 5.92 Å². The minimum Gasteiger partial charge on any atom is -0.475 e. The van der Waals surface area contributed by atoms with Gasteiger partial charge in [-0.3, -0.25) is 0 Å². The van der Waals surface area contributed by atoms with E-state index in [0.717, 1.165) is 13.1 Å². The number of rotatable bonds is 3. The zero-order chi connectivity index (χ0) is 19.8. The number of halogens is 7. The van der Waals surface area contributed by atoms with Crippen LogP contribution >= 0.6 is 0 Å². The van der Waals surface area contributed by atoms with E-state index in [-0.39, 0.29) is 5.92 Å². The predicted molar refractivity (Wildman–Crippen MR) is 69.7 cm³/mol. The van der Waals surface area contributed by atoms with Gasteiger partial charge in [0.2, 0.25) is 0 Å². The Labute approximate surface area is 137 Å². The van der Waals surface area contributed by atoms with Crippen molar-refractivity contribution in [2.75, 3.05) is 19.6 Å². The Hall–Kier alpha value is -1.63. The molecule has 6 nitrogen and oxygen atoms in total. The van der Waals surface area contributed by atoms with Crippen molar-refractivity contribution in [2.45, 2.75) is 37.4 Å². The highest BCUT2D eigenvalue weighted by Crippen LogP contribution is 2.20. The van der Waals surface area contributed by atoms with Gasteiger partial charge in [0.25, 0.3) is 0 Å². The molecule has 0 aromatic rings. The van der Waals surface area contributed by atoms with Crippen molar-refractivity contribution in [1.29, 1.82) is 0 Å². The van der Waals surface area contributed by atoms with Gasteiger partial charge in [0.15, 0.2) is 0 Å². The molecule has 1 saturated carbocycles. The van der Waals surface area contributed by atoms with Crippen molar-refractivity contribution in [3.8, 4) is 0 Å². The molecule has 0 unspecified atom stereocenters. The lowest BCUT2D eigenvalue weighted by atomic mass is 10.1. The Bertz CT molecular complexity index is 414. The average molecular weight is 386 g/mol. The van der Waals surface area contributed by atoms with Crippen LogP contribution in [-0.2, 0) is 9.59 Å². The molecule has 2 fully saturated rings. The van der Waals surface area contributed by atoms with E-state index < -0.39 is 30.5 Å². The van der Waals surface area contributed by atoms with E-state index >= 15 is 0 Å². The van der Waals surface area contributed by atoms with Crippen LogP contribution in [0.15, 0.2) is 0 Å². The van der Waals surface area contributed by atoms with Crippen molar-refractivity contribution < 1.29 is 50.5 Å². The first-order valence-electron chi connectivity index (χ1n) is 6.93. The van der Waals surface area contributed by atoms with E-state index in [2.05, 4.69) is 10.6 Å². The average Bonchev–Trinajstić information content (AvgIpc) is 3.18. The highest BCUT2D eigenvalue weighted by molar-refractivity contribution is 5.73. The predicted octanol–water partition coefficient (Wildman–Crippen LogP) is 1.56. The molecule has 13 heteroatoms. The lowest BCUT2D eigenvalue weighted by Gasteiger charge is -2.11. The van der Waals surface area contributed by atoms with E-state index in [4.69, 9.17) is 19.8 Å². The van der Waals surface area contributed by atoms with Gasteiger partial charge in [-0.05, 0) is 12.8 Å². The molecule has 25 heavy (non-hydrogen) atoms. The molecule has 1 aliphatic heterocycles. The van der Waals surface area contributed by atoms with Crippen molar-refractivity contribution >= 4 is 11.9 Å². The van der Waals surface area contributed by atoms with Gasteiger partial charge in [-0.2, -0.15) is 26.3 Å². The Morgan fingerprint density at radius 2 is 1.36 bits per heavy atom. The molecule has 0 aromatic heterocycles. The third-order valence-corrected chi connectivity index (χ3v) is 2.99. The van der Waals surface area contributed by atoms with Gasteiger partial charge in [0.1, 0.15) is 6.17 Å². The third kappa shape index (κ3) is 11.5. The van der Waals surface area contributed by atoms with Crippen LogP contribution in [0, 0.1) is 5.92 Å². The molecule has 2 rings (SSSR count). The van der Waals surface area contributed by atoms with Gasteiger partial charge in [-0.15, -0.1) is 0 Å². The largest absolute Gasteiger partial charge is 0.490 e. The lowest BCUT2D eigenvalue weighted by Crippen LogP contribution is -2.29. The van der Waals surface area contributed by atoms with Crippen LogP contribution < -0.4 is 10.6 Å². The summed E-state index contributed by atoms with van der Waals surface area (Å²) in [4.78, 5) is 17.8. The highest BCUT2D eigenvalue weighted by Gasteiger charge is 2.38. The third-order valence-electron chi connectivity index (χ3n) is 2.99. The monoisotopic (exact) mass is 386 g/mol. The van der Waals surface area contributed by atoms with Gasteiger partial charge in [-0.25, -0.2) is 14.0 Å². The Morgan fingerprint density at radius 1 is 0.960 bits per heavy atom. The standard InChI is InChI=1S/C8H15FN2.2C2HF3O2/c9-8-5-10-3-6(8)4-11-7-1-2-7;2*3-2(4,5)1(6)7/h6-8,10-11H,1-5H2;2*(H,6,7)/t6-,8-;;/m1../s1. The van der Waals surface area contributed by atoms with Gasteiger partial charge < -0.3 is 20.8 Å². The first kappa shape index (κ1) is 23.4. The summed E-state index contributed by atoms with van der Waals surface area (Å²) in [6, 6.07) is 0.711. The van der Waals surface area contributed by atoms with Crippen LogP contribution in [0.4, 0.5) is 30.7 Å². The molecule has 1 aliphatic carbocycles. The van der Waals surface area contributed by atoms with Crippen LogP contribution in [0.3, 0.4) is 0 Å². The van der Waals surface area contributed by atoms with E-state index in [0.29, 0.717) is 12.6 Å². The van der Waals surface area contributed by atoms with Crippen LogP contribution in [0.2, 0.25) is 0 Å². The second-order valence-electron chi connectivity index (χ2n) is 5.22. The van der Waals surface area contributed by atoms with Gasteiger partial charge in [0, 0.05) is 31.6 Å². The van der Waals surface area contributed by atoms with Crippen LogP contribution in [-0.4, -0.2) is 66.4 Å². The quantitative estimate of drug-likeness (QED) is 0.550. The molecule has 148 valence electrons. The van der Waals surface area contributed by atoms with E-state index in [1.54, 1.807) is 0 Å². The first-order chi connectivity index (χ1) is 11.2. The summed E-state index contributed by atoms with van der Waals surface area (Å²) in [5.74, 6) is -5.30. The molecule has 0 radical (unpaired) electrons. The number of aliphatic carboxylic acids is 2. The number of carbonyl (C=O) groups is 2. The maximum atomic E-state index is 13.0. The minimum absolute atomic E-state index is 0.218. The maximum Gasteiger partial charge on any atom is 0.490 e. The van der Waals surface area contributed by atoms with Gasteiger partial charge in [-0.1, -0.05) is 0 Å². The van der Waals surface area contributed by atoms with Crippen LogP contribution in [0.25, 0.3) is 0 Å². The number of nitrogens with one attached hydrogen (secondary N) is 2. The van der Waals surface area contributed by atoms with Gasteiger partial charge >= 0.3 is 24.3 Å². The zero-order valence-corrected chi connectivity index (χ0v) is 12.6. The Kier molecular flexibility index (Phi) is 9.11. The number of carboxylic acid groups (broad SMARTS) is 2. The van der Waals surface area contributed by atoms with Crippen LogP contribution in [0.5, 0.6) is 0 Å².